The minimum Gasteiger partial charge on any atom is -0.385 e. The van der Waals surface area contributed by atoms with Crippen molar-refractivity contribution in [2.24, 2.45) is 0 Å². The summed E-state index contributed by atoms with van der Waals surface area (Å²) in [4.78, 5) is 11.5. The molecular formula is C10H9BrClFO2. The van der Waals surface area contributed by atoms with Crippen molar-refractivity contribution in [2.75, 3.05) is 0 Å². The number of aliphatic hydroxyl groups is 1. The number of hydrogen-bond acceptors (Lipinski definition) is 2. The quantitative estimate of drug-likeness (QED) is 0.687. The molecule has 0 saturated carbocycles. The normalized spacial score (nSPS) is 12.6. The number of Topliss-reactive ketones (excluding diaryl/α,β-unsaturated/α-hetero) is 1. The highest BCUT2D eigenvalue weighted by Crippen LogP contribution is 2.28. The van der Waals surface area contributed by atoms with Crippen molar-refractivity contribution in [2.45, 2.75) is 19.4 Å². The lowest BCUT2D eigenvalue weighted by atomic mass is 10.0. The van der Waals surface area contributed by atoms with E-state index < -0.39 is 17.7 Å². The monoisotopic (exact) mass is 294 g/mol. The SMILES string of the molecule is CCC(O)C(=O)c1ccc(Br)c(Cl)c1F. The summed E-state index contributed by atoms with van der Waals surface area (Å²) in [7, 11) is 0. The molecule has 15 heavy (non-hydrogen) atoms. The van der Waals surface area contributed by atoms with Gasteiger partial charge in [0.1, 0.15) is 6.10 Å². The van der Waals surface area contributed by atoms with Crippen LogP contribution in [0.25, 0.3) is 0 Å². The van der Waals surface area contributed by atoms with Crippen LogP contribution in [0.15, 0.2) is 16.6 Å². The molecule has 0 bridgehead atoms. The Labute approximate surface area is 100 Å². The zero-order valence-corrected chi connectivity index (χ0v) is 10.3. The molecule has 0 amide bonds. The lowest BCUT2D eigenvalue weighted by Crippen LogP contribution is -2.20. The number of ketones is 1. The largest absolute Gasteiger partial charge is 0.385 e. The van der Waals surface area contributed by atoms with E-state index in [1.54, 1.807) is 6.92 Å². The summed E-state index contributed by atoms with van der Waals surface area (Å²) in [5, 5.41) is 9.14. The summed E-state index contributed by atoms with van der Waals surface area (Å²) in [6.45, 7) is 1.64. The minimum atomic E-state index is -1.18. The molecule has 1 atom stereocenters. The van der Waals surface area contributed by atoms with Crippen molar-refractivity contribution >= 4 is 33.3 Å². The molecule has 2 nitrogen and oxygen atoms in total. The molecule has 1 N–H and O–H groups in total. The Hall–Kier alpha value is -0.450. The summed E-state index contributed by atoms with van der Waals surface area (Å²) in [6, 6.07) is 2.77. The molecule has 1 aromatic carbocycles. The van der Waals surface area contributed by atoms with Crippen LogP contribution in [0.3, 0.4) is 0 Å². The van der Waals surface area contributed by atoms with Crippen LogP contribution >= 0.6 is 27.5 Å². The summed E-state index contributed by atoms with van der Waals surface area (Å²) in [6.07, 6.45) is -0.942. The summed E-state index contributed by atoms with van der Waals surface area (Å²) in [5.41, 5.74) is -0.183. The maximum Gasteiger partial charge on any atom is 0.194 e. The van der Waals surface area contributed by atoms with E-state index in [2.05, 4.69) is 15.9 Å². The molecule has 0 spiro atoms. The number of carbonyl (C=O) groups is 1. The molecular weight excluding hydrogens is 286 g/mol. The van der Waals surface area contributed by atoms with E-state index in [1.165, 1.54) is 12.1 Å². The van der Waals surface area contributed by atoms with Crippen LogP contribution in [-0.2, 0) is 0 Å². The first-order valence-corrected chi connectivity index (χ1v) is 5.51. The van der Waals surface area contributed by atoms with Gasteiger partial charge < -0.3 is 5.11 Å². The van der Waals surface area contributed by atoms with Crippen LogP contribution in [0.4, 0.5) is 4.39 Å². The second-order valence-electron chi connectivity index (χ2n) is 3.01. The Morgan fingerprint density at radius 3 is 2.80 bits per heavy atom. The fourth-order valence-corrected chi connectivity index (χ4v) is 1.55. The molecule has 0 saturated heterocycles. The molecule has 82 valence electrons. The molecule has 0 aliphatic heterocycles. The Bertz CT molecular complexity index is 395. The van der Waals surface area contributed by atoms with Crippen LogP contribution in [-0.4, -0.2) is 17.0 Å². The lowest BCUT2D eigenvalue weighted by molar-refractivity contribution is 0.0736. The van der Waals surface area contributed by atoms with Crippen LogP contribution < -0.4 is 0 Å². The van der Waals surface area contributed by atoms with Gasteiger partial charge in [0.2, 0.25) is 0 Å². The molecule has 0 aliphatic rings. The van der Waals surface area contributed by atoms with Crippen molar-refractivity contribution in [1.82, 2.24) is 0 Å². The third-order valence-electron chi connectivity index (χ3n) is 1.99. The fraction of sp³-hybridized carbons (Fsp3) is 0.300. The van der Waals surface area contributed by atoms with Gasteiger partial charge in [0, 0.05) is 4.47 Å². The number of hydrogen-bond donors (Lipinski definition) is 1. The van der Waals surface area contributed by atoms with E-state index in [9.17, 15) is 14.3 Å². The average molecular weight is 296 g/mol. The van der Waals surface area contributed by atoms with Gasteiger partial charge >= 0.3 is 0 Å². The average Bonchev–Trinajstić information content (AvgIpc) is 2.24. The van der Waals surface area contributed by atoms with Crippen LogP contribution in [0.2, 0.25) is 5.02 Å². The zero-order chi connectivity index (χ0) is 11.6. The molecule has 1 rings (SSSR count). The third-order valence-corrected chi connectivity index (χ3v) is 3.25. The number of rotatable bonds is 3. The number of halogens is 3. The van der Waals surface area contributed by atoms with Gasteiger partial charge in [0.15, 0.2) is 11.6 Å². The van der Waals surface area contributed by atoms with Crippen molar-refractivity contribution < 1.29 is 14.3 Å². The van der Waals surface area contributed by atoms with E-state index >= 15 is 0 Å². The molecule has 0 heterocycles. The van der Waals surface area contributed by atoms with Crippen molar-refractivity contribution in [3.05, 3.63) is 33.0 Å². The molecule has 0 fully saturated rings. The highest BCUT2D eigenvalue weighted by molar-refractivity contribution is 9.10. The van der Waals surface area contributed by atoms with E-state index in [0.29, 0.717) is 4.47 Å². The van der Waals surface area contributed by atoms with E-state index in [4.69, 9.17) is 11.6 Å². The first-order valence-electron chi connectivity index (χ1n) is 4.34. The predicted molar refractivity (Wildman–Crippen MR) is 59.7 cm³/mol. The van der Waals surface area contributed by atoms with Crippen molar-refractivity contribution in [1.29, 1.82) is 0 Å². The number of aliphatic hydroxyl groups excluding tert-OH is 1. The number of carbonyl (C=O) groups excluding carboxylic acids is 1. The van der Waals surface area contributed by atoms with Crippen molar-refractivity contribution in [3.8, 4) is 0 Å². The second kappa shape index (κ2) is 5.05. The maximum atomic E-state index is 13.5. The Morgan fingerprint density at radius 1 is 1.67 bits per heavy atom. The summed E-state index contributed by atoms with van der Waals surface area (Å²) in [5.74, 6) is -1.45. The lowest BCUT2D eigenvalue weighted by Gasteiger charge is -2.08. The molecule has 1 unspecified atom stereocenters. The standard InChI is InChI=1S/C10H9BrClFO2/c1-2-7(14)10(15)5-3-4-6(11)8(12)9(5)13/h3-4,7,14H,2H2,1H3. The van der Waals surface area contributed by atoms with Crippen LogP contribution in [0.5, 0.6) is 0 Å². The molecule has 0 aromatic heterocycles. The molecule has 0 radical (unpaired) electrons. The molecule has 1 aromatic rings. The van der Waals surface area contributed by atoms with Gasteiger partial charge in [0.05, 0.1) is 10.6 Å². The van der Waals surface area contributed by atoms with Crippen molar-refractivity contribution in [3.63, 3.8) is 0 Å². The van der Waals surface area contributed by atoms with E-state index in [1.807, 2.05) is 0 Å². The summed E-state index contributed by atoms with van der Waals surface area (Å²) >= 11 is 8.66. The van der Waals surface area contributed by atoms with Gasteiger partial charge in [-0.25, -0.2) is 4.39 Å². The van der Waals surface area contributed by atoms with E-state index in [-0.39, 0.29) is 17.0 Å². The third kappa shape index (κ3) is 2.56. The van der Waals surface area contributed by atoms with Gasteiger partial charge in [-0.3, -0.25) is 4.79 Å². The Balaban J connectivity index is 3.16. The van der Waals surface area contributed by atoms with Gasteiger partial charge in [-0.05, 0) is 34.5 Å². The minimum absolute atomic E-state index is 0.149. The molecule has 5 heteroatoms. The van der Waals surface area contributed by atoms with Crippen LogP contribution in [0, 0.1) is 5.82 Å². The Kier molecular flexibility index (Phi) is 4.25. The second-order valence-corrected chi connectivity index (χ2v) is 4.24. The first kappa shape index (κ1) is 12.6. The molecule has 0 aliphatic carbocycles. The first-order chi connectivity index (χ1) is 6.99. The summed E-state index contributed by atoms with van der Waals surface area (Å²) < 4.78 is 13.9. The Morgan fingerprint density at radius 2 is 2.27 bits per heavy atom. The number of benzene rings is 1. The van der Waals surface area contributed by atoms with Gasteiger partial charge in [0.25, 0.3) is 0 Å². The zero-order valence-electron chi connectivity index (χ0n) is 7.93. The van der Waals surface area contributed by atoms with E-state index in [0.717, 1.165) is 0 Å². The van der Waals surface area contributed by atoms with Gasteiger partial charge in [-0.1, -0.05) is 18.5 Å². The van der Waals surface area contributed by atoms with Gasteiger partial charge in [-0.15, -0.1) is 0 Å². The van der Waals surface area contributed by atoms with Crippen LogP contribution in [0.1, 0.15) is 23.7 Å². The highest BCUT2D eigenvalue weighted by atomic mass is 79.9. The fourth-order valence-electron chi connectivity index (χ4n) is 1.08. The maximum absolute atomic E-state index is 13.5. The highest BCUT2D eigenvalue weighted by Gasteiger charge is 2.21. The van der Waals surface area contributed by atoms with Gasteiger partial charge in [-0.2, -0.15) is 0 Å². The predicted octanol–water partition coefficient (Wildman–Crippen LogP) is 3.20. The smallest absolute Gasteiger partial charge is 0.194 e. The topological polar surface area (TPSA) is 37.3 Å².